The summed E-state index contributed by atoms with van der Waals surface area (Å²) in [4.78, 5) is 27.1. The lowest BCUT2D eigenvalue weighted by Gasteiger charge is -2.30. The molecular weight excluding hydrogens is 400 g/mol. The van der Waals surface area contributed by atoms with Crippen LogP contribution in [0.25, 0.3) is 6.08 Å². The van der Waals surface area contributed by atoms with Crippen LogP contribution in [0.4, 0.5) is 5.69 Å². The van der Waals surface area contributed by atoms with Gasteiger partial charge < -0.3 is 10.1 Å². The van der Waals surface area contributed by atoms with E-state index in [0.29, 0.717) is 16.5 Å². The SMILES string of the molecule is O=C(CN1C(=O)C(=Cc2ccccc2)Oc2ccccc21)NCc1ccccc1Cl. The molecule has 6 heteroatoms. The van der Waals surface area contributed by atoms with Crippen molar-refractivity contribution >= 4 is 35.2 Å². The molecule has 1 aliphatic rings. The van der Waals surface area contributed by atoms with Gasteiger partial charge in [-0.05, 0) is 35.4 Å². The van der Waals surface area contributed by atoms with E-state index in [-0.39, 0.29) is 30.7 Å². The Labute approximate surface area is 179 Å². The second-order valence-electron chi connectivity index (χ2n) is 6.75. The van der Waals surface area contributed by atoms with E-state index in [4.69, 9.17) is 16.3 Å². The summed E-state index contributed by atoms with van der Waals surface area (Å²) in [5.41, 5.74) is 2.20. The molecule has 0 spiro atoms. The number of rotatable bonds is 5. The van der Waals surface area contributed by atoms with Gasteiger partial charge in [0.1, 0.15) is 6.54 Å². The molecule has 0 saturated heterocycles. The highest BCUT2D eigenvalue weighted by molar-refractivity contribution is 6.31. The number of carbonyl (C=O) groups is 2. The maximum atomic E-state index is 13.1. The Bertz CT molecular complexity index is 1110. The first kappa shape index (κ1) is 19.7. The molecule has 0 bridgehead atoms. The molecular formula is C24H19ClN2O3. The van der Waals surface area contributed by atoms with Crippen LogP contribution in [-0.2, 0) is 16.1 Å². The largest absolute Gasteiger partial charge is 0.449 e. The van der Waals surface area contributed by atoms with Gasteiger partial charge in [0.15, 0.2) is 11.5 Å². The van der Waals surface area contributed by atoms with Crippen LogP contribution in [0.2, 0.25) is 5.02 Å². The number of ether oxygens (including phenoxy) is 1. The van der Waals surface area contributed by atoms with Crippen molar-refractivity contribution < 1.29 is 14.3 Å². The Morgan fingerprint density at radius 2 is 1.67 bits per heavy atom. The highest BCUT2D eigenvalue weighted by atomic mass is 35.5. The van der Waals surface area contributed by atoms with E-state index in [1.165, 1.54) is 4.90 Å². The van der Waals surface area contributed by atoms with Crippen molar-refractivity contribution in [2.75, 3.05) is 11.4 Å². The highest BCUT2D eigenvalue weighted by Crippen LogP contribution is 2.35. The summed E-state index contributed by atoms with van der Waals surface area (Å²) in [6, 6.07) is 23.9. The summed E-state index contributed by atoms with van der Waals surface area (Å²) in [5, 5.41) is 3.41. The standard InChI is InChI=1S/C24H19ClN2O3/c25-19-11-5-4-10-18(19)15-26-23(28)16-27-20-12-6-7-13-21(20)30-22(24(27)29)14-17-8-2-1-3-9-17/h1-14H,15-16H2,(H,26,28). The van der Waals surface area contributed by atoms with E-state index in [2.05, 4.69) is 5.32 Å². The van der Waals surface area contributed by atoms with Crippen molar-refractivity contribution in [2.45, 2.75) is 6.54 Å². The first-order valence-electron chi connectivity index (χ1n) is 9.47. The Hall–Kier alpha value is -3.57. The average molecular weight is 419 g/mol. The van der Waals surface area contributed by atoms with E-state index >= 15 is 0 Å². The molecule has 30 heavy (non-hydrogen) atoms. The van der Waals surface area contributed by atoms with Crippen LogP contribution >= 0.6 is 11.6 Å². The molecule has 0 unspecified atom stereocenters. The van der Waals surface area contributed by atoms with Gasteiger partial charge in [-0.25, -0.2) is 0 Å². The minimum absolute atomic E-state index is 0.129. The van der Waals surface area contributed by atoms with Crippen molar-refractivity contribution in [1.82, 2.24) is 5.32 Å². The van der Waals surface area contributed by atoms with Crippen molar-refractivity contribution in [3.05, 3.63) is 101 Å². The van der Waals surface area contributed by atoms with Gasteiger partial charge in [-0.1, -0.05) is 72.3 Å². The lowest BCUT2D eigenvalue weighted by atomic mass is 10.1. The van der Waals surface area contributed by atoms with Gasteiger partial charge in [-0.2, -0.15) is 0 Å². The summed E-state index contributed by atoms with van der Waals surface area (Å²) in [6.07, 6.45) is 1.67. The van der Waals surface area contributed by atoms with Crippen molar-refractivity contribution in [1.29, 1.82) is 0 Å². The molecule has 3 aromatic rings. The summed E-state index contributed by atoms with van der Waals surface area (Å²) in [7, 11) is 0. The molecule has 0 atom stereocenters. The normalized spacial score (nSPS) is 14.2. The summed E-state index contributed by atoms with van der Waals surface area (Å²) in [5.74, 6) is 0.0291. The van der Waals surface area contributed by atoms with Crippen molar-refractivity contribution in [2.24, 2.45) is 0 Å². The van der Waals surface area contributed by atoms with Gasteiger partial charge in [-0.3, -0.25) is 14.5 Å². The lowest BCUT2D eigenvalue weighted by Crippen LogP contribution is -2.44. The molecule has 150 valence electrons. The second-order valence-corrected chi connectivity index (χ2v) is 7.16. The molecule has 1 aliphatic heterocycles. The van der Waals surface area contributed by atoms with Crippen molar-refractivity contribution in [3.63, 3.8) is 0 Å². The maximum absolute atomic E-state index is 13.1. The monoisotopic (exact) mass is 418 g/mol. The number of benzene rings is 3. The fourth-order valence-electron chi connectivity index (χ4n) is 3.15. The number of anilines is 1. The van der Waals surface area contributed by atoms with Gasteiger partial charge in [0.25, 0.3) is 5.91 Å². The quantitative estimate of drug-likeness (QED) is 0.624. The molecule has 0 aliphatic carbocycles. The Morgan fingerprint density at radius 1 is 0.967 bits per heavy atom. The third-order valence-corrected chi connectivity index (χ3v) is 5.03. The summed E-state index contributed by atoms with van der Waals surface area (Å²) in [6.45, 7) is 0.154. The van der Waals surface area contributed by atoms with Crippen LogP contribution in [0, 0.1) is 0 Å². The zero-order valence-electron chi connectivity index (χ0n) is 16.0. The smallest absolute Gasteiger partial charge is 0.294 e. The van der Waals surface area contributed by atoms with Crippen LogP contribution in [-0.4, -0.2) is 18.4 Å². The third kappa shape index (κ3) is 4.36. The van der Waals surface area contributed by atoms with E-state index < -0.39 is 0 Å². The minimum Gasteiger partial charge on any atom is -0.449 e. The zero-order valence-corrected chi connectivity index (χ0v) is 16.8. The molecule has 4 rings (SSSR count). The van der Waals surface area contributed by atoms with Crippen LogP contribution < -0.4 is 15.0 Å². The molecule has 0 aromatic heterocycles. The molecule has 3 aromatic carbocycles. The van der Waals surface area contributed by atoms with Gasteiger partial charge in [0.05, 0.1) is 5.69 Å². The van der Waals surface area contributed by atoms with Gasteiger partial charge in [0, 0.05) is 11.6 Å². The Balaban J connectivity index is 1.55. The topological polar surface area (TPSA) is 58.6 Å². The van der Waals surface area contributed by atoms with Gasteiger partial charge >= 0.3 is 0 Å². The van der Waals surface area contributed by atoms with E-state index in [0.717, 1.165) is 11.1 Å². The molecule has 2 amide bonds. The van der Waals surface area contributed by atoms with Crippen LogP contribution in [0.1, 0.15) is 11.1 Å². The molecule has 0 radical (unpaired) electrons. The number of carbonyl (C=O) groups excluding carboxylic acids is 2. The zero-order chi connectivity index (χ0) is 20.9. The number of nitrogens with zero attached hydrogens (tertiary/aromatic N) is 1. The molecule has 1 N–H and O–H groups in total. The number of hydrogen-bond donors (Lipinski definition) is 1. The molecule has 1 heterocycles. The summed E-state index contributed by atoms with van der Waals surface area (Å²) >= 11 is 6.15. The number of nitrogens with one attached hydrogen (secondary N) is 1. The summed E-state index contributed by atoms with van der Waals surface area (Å²) < 4.78 is 5.83. The molecule has 5 nitrogen and oxygen atoms in total. The first-order valence-corrected chi connectivity index (χ1v) is 9.85. The highest BCUT2D eigenvalue weighted by Gasteiger charge is 2.31. The number of hydrogen-bond acceptors (Lipinski definition) is 3. The predicted molar refractivity (Wildman–Crippen MR) is 117 cm³/mol. The number of halogens is 1. The predicted octanol–water partition coefficient (Wildman–Crippen LogP) is 4.42. The van der Waals surface area contributed by atoms with Crippen LogP contribution in [0.5, 0.6) is 5.75 Å². The third-order valence-electron chi connectivity index (χ3n) is 4.66. The van der Waals surface area contributed by atoms with E-state index in [9.17, 15) is 9.59 Å². The minimum atomic E-state index is -0.370. The van der Waals surface area contributed by atoms with E-state index in [1.54, 1.807) is 30.3 Å². The fraction of sp³-hybridized carbons (Fsp3) is 0.0833. The Kier molecular flexibility index (Phi) is 5.82. The van der Waals surface area contributed by atoms with Crippen molar-refractivity contribution in [3.8, 4) is 5.75 Å². The number of fused-ring (bicyclic) bond motifs is 1. The van der Waals surface area contributed by atoms with Crippen LogP contribution in [0.3, 0.4) is 0 Å². The fourth-order valence-corrected chi connectivity index (χ4v) is 3.36. The average Bonchev–Trinajstić information content (AvgIpc) is 2.77. The second kappa shape index (κ2) is 8.84. The maximum Gasteiger partial charge on any atom is 0.294 e. The molecule has 0 fully saturated rings. The van der Waals surface area contributed by atoms with Gasteiger partial charge in [0.2, 0.25) is 5.91 Å². The molecule has 0 saturated carbocycles. The number of para-hydroxylation sites is 2. The van der Waals surface area contributed by atoms with Gasteiger partial charge in [-0.15, -0.1) is 0 Å². The Morgan fingerprint density at radius 3 is 2.47 bits per heavy atom. The number of amides is 2. The van der Waals surface area contributed by atoms with Crippen LogP contribution in [0.15, 0.2) is 84.6 Å². The lowest BCUT2D eigenvalue weighted by molar-refractivity contribution is -0.123. The first-order chi connectivity index (χ1) is 14.6. The van der Waals surface area contributed by atoms with E-state index in [1.807, 2.05) is 54.6 Å².